The first-order valence-corrected chi connectivity index (χ1v) is 7.95. The third kappa shape index (κ3) is 4.48. The molecule has 0 spiro atoms. The summed E-state index contributed by atoms with van der Waals surface area (Å²) in [5.74, 6) is 1.53. The fraction of sp³-hybridized carbons (Fsp3) is 0.235. The van der Waals surface area contributed by atoms with Gasteiger partial charge in [-0.1, -0.05) is 43.8 Å². The molecule has 0 aliphatic rings. The Morgan fingerprint density at radius 1 is 1.24 bits per heavy atom. The molecule has 0 unspecified atom stereocenters. The zero-order valence-electron chi connectivity index (χ0n) is 12.0. The highest BCUT2D eigenvalue weighted by molar-refractivity contribution is 7.80. The van der Waals surface area contributed by atoms with Crippen LogP contribution in [0.2, 0.25) is 0 Å². The largest absolute Gasteiger partial charge is 0.454 e. The van der Waals surface area contributed by atoms with Crippen molar-refractivity contribution in [2.75, 3.05) is 11.9 Å². The summed E-state index contributed by atoms with van der Waals surface area (Å²) < 4.78 is 5.98. The highest BCUT2D eigenvalue weighted by Gasteiger charge is 2.10. The summed E-state index contributed by atoms with van der Waals surface area (Å²) >= 11 is 9.55. The third-order valence-corrected chi connectivity index (χ3v) is 3.64. The lowest BCUT2D eigenvalue weighted by Gasteiger charge is -2.16. The predicted octanol–water partition coefficient (Wildman–Crippen LogP) is 5.33. The molecule has 0 bridgehead atoms. The van der Waals surface area contributed by atoms with E-state index in [-0.39, 0.29) is 0 Å². The maximum Gasteiger partial charge on any atom is 0.163 e. The second kappa shape index (κ2) is 8.05. The van der Waals surface area contributed by atoms with Crippen LogP contribution in [0.15, 0.2) is 47.4 Å². The van der Waals surface area contributed by atoms with Crippen molar-refractivity contribution in [2.45, 2.75) is 24.7 Å². The van der Waals surface area contributed by atoms with Gasteiger partial charge in [-0.05, 0) is 36.2 Å². The zero-order chi connectivity index (χ0) is 15.1. The van der Waals surface area contributed by atoms with Crippen molar-refractivity contribution in [3.63, 3.8) is 0 Å². The average molecular weight is 317 g/mol. The number of hydrogen-bond donors (Lipinski definition) is 2. The molecule has 0 aliphatic heterocycles. The molecule has 0 atom stereocenters. The first-order valence-electron chi connectivity index (χ1n) is 7.03. The molecule has 0 fully saturated rings. The van der Waals surface area contributed by atoms with E-state index in [2.05, 4.69) is 24.9 Å². The number of hydrogen-bond acceptors (Lipinski definition) is 4. The smallest absolute Gasteiger partial charge is 0.163 e. The Morgan fingerprint density at radius 3 is 2.67 bits per heavy atom. The Morgan fingerprint density at radius 2 is 2.00 bits per heavy atom. The maximum atomic E-state index is 5.98. The summed E-state index contributed by atoms with van der Waals surface area (Å²) in [7, 11) is 0. The first-order chi connectivity index (χ1) is 10.2. The van der Waals surface area contributed by atoms with Crippen LogP contribution in [-0.4, -0.2) is 11.9 Å². The summed E-state index contributed by atoms with van der Waals surface area (Å²) in [4.78, 5) is 0.774. The van der Waals surface area contributed by atoms with Crippen LogP contribution in [0.25, 0.3) is 0 Å². The fourth-order valence-electron chi connectivity index (χ4n) is 1.95. The summed E-state index contributed by atoms with van der Waals surface area (Å²) in [6, 6.07) is 13.6. The number of benzene rings is 2. The number of thiol groups is 1. The van der Waals surface area contributed by atoms with E-state index in [1.807, 2.05) is 42.5 Å². The molecule has 2 nitrogen and oxygen atoms in total. The van der Waals surface area contributed by atoms with Gasteiger partial charge in [-0.15, -0.1) is 12.6 Å². The Labute approximate surface area is 136 Å². The minimum atomic E-state index is 0.737. The van der Waals surface area contributed by atoms with Crippen LogP contribution in [0.5, 0.6) is 11.5 Å². The molecule has 1 N–H and O–H groups in total. The van der Waals surface area contributed by atoms with E-state index in [9.17, 15) is 0 Å². The average Bonchev–Trinajstić information content (AvgIpc) is 2.51. The second-order valence-electron chi connectivity index (χ2n) is 4.73. The number of anilines is 1. The number of rotatable bonds is 7. The molecule has 2 aromatic rings. The van der Waals surface area contributed by atoms with Crippen molar-refractivity contribution in [1.82, 2.24) is 0 Å². The van der Waals surface area contributed by atoms with Gasteiger partial charge in [0.25, 0.3) is 0 Å². The van der Waals surface area contributed by atoms with Crippen LogP contribution in [0.3, 0.4) is 0 Å². The lowest BCUT2D eigenvalue weighted by Crippen LogP contribution is -2.04. The van der Waals surface area contributed by atoms with Crippen molar-refractivity contribution in [1.29, 1.82) is 0 Å². The van der Waals surface area contributed by atoms with E-state index in [0.717, 1.165) is 47.0 Å². The number of unbranched alkanes of at least 4 members (excludes halogenated alkanes) is 1. The van der Waals surface area contributed by atoms with E-state index >= 15 is 0 Å². The Bertz CT molecular complexity index is 599. The van der Waals surface area contributed by atoms with Gasteiger partial charge in [0, 0.05) is 16.8 Å². The summed E-state index contributed by atoms with van der Waals surface area (Å²) in [5.41, 5.74) is 1.88. The zero-order valence-corrected chi connectivity index (χ0v) is 13.7. The molecular weight excluding hydrogens is 298 g/mol. The van der Waals surface area contributed by atoms with Crippen LogP contribution in [-0.2, 0) is 0 Å². The monoisotopic (exact) mass is 317 g/mol. The number of nitrogens with one attached hydrogen (secondary N) is 1. The molecule has 110 valence electrons. The van der Waals surface area contributed by atoms with Crippen molar-refractivity contribution in [3.8, 4) is 11.5 Å². The maximum absolute atomic E-state index is 5.98. The van der Waals surface area contributed by atoms with Gasteiger partial charge < -0.3 is 10.1 Å². The highest BCUT2D eigenvalue weighted by Crippen LogP contribution is 2.36. The number of ether oxygens (including phenoxy) is 1. The van der Waals surface area contributed by atoms with Crippen LogP contribution in [0.4, 0.5) is 5.69 Å². The van der Waals surface area contributed by atoms with Crippen molar-refractivity contribution >= 4 is 35.9 Å². The molecule has 0 heterocycles. The predicted molar refractivity (Wildman–Crippen MR) is 96.4 cm³/mol. The standard InChI is InChI=1S/C17H19NOS2/c1-2-3-9-18-15-10-13(12-20)11-16(21)17(15)19-14-7-5-4-6-8-14/h4-8,10-12,18,21H,2-3,9H2,1H3. The Hall–Kier alpha value is -1.52. The van der Waals surface area contributed by atoms with Gasteiger partial charge in [0.15, 0.2) is 5.75 Å². The quantitative estimate of drug-likeness (QED) is 0.409. The Balaban J connectivity index is 2.30. The topological polar surface area (TPSA) is 21.3 Å². The second-order valence-corrected chi connectivity index (χ2v) is 5.45. The molecule has 21 heavy (non-hydrogen) atoms. The van der Waals surface area contributed by atoms with Crippen LogP contribution in [0.1, 0.15) is 25.3 Å². The minimum absolute atomic E-state index is 0.737. The summed E-state index contributed by atoms with van der Waals surface area (Å²) in [6.45, 7) is 3.07. The summed E-state index contributed by atoms with van der Waals surface area (Å²) in [5, 5.41) is 5.06. The first kappa shape index (κ1) is 15.9. The van der Waals surface area contributed by atoms with Crippen LogP contribution < -0.4 is 10.1 Å². The molecule has 0 radical (unpaired) electrons. The third-order valence-electron chi connectivity index (χ3n) is 3.04. The molecule has 0 amide bonds. The van der Waals surface area contributed by atoms with Crippen molar-refractivity contribution in [2.24, 2.45) is 0 Å². The summed E-state index contributed by atoms with van der Waals surface area (Å²) in [6.07, 6.45) is 2.25. The van der Waals surface area contributed by atoms with Gasteiger partial charge in [0.1, 0.15) is 5.75 Å². The van der Waals surface area contributed by atoms with Gasteiger partial charge in [-0.2, -0.15) is 0 Å². The number of thiocarbonyl (C=S) groups is 1. The van der Waals surface area contributed by atoms with E-state index in [1.54, 1.807) is 5.37 Å². The minimum Gasteiger partial charge on any atom is -0.454 e. The van der Waals surface area contributed by atoms with Gasteiger partial charge in [0.05, 0.1) is 5.69 Å². The van der Waals surface area contributed by atoms with Gasteiger partial charge in [-0.25, -0.2) is 0 Å². The van der Waals surface area contributed by atoms with Gasteiger partial charge in [-0.3, -0.25) is 0 Å². The molecule has 0 aromatic heterocycles. The molecule has 0 saturated heterocycles. The SMILES string of the molecule is CCCCNc1cc(C=S)cc(S)c1Oc1ccccc1. The van der Waals surface area contributed by atoms with E-state index in [1.165, 1.54) is 0 Å². The molecule has 4 heteroatoms. The van der Waals surface area contributed by atoms with Crippen molar-refractivity contribution in [3.05, 3.63) is 48.0 Å². The normalized spacial score (nSPS) is 10.2. The van der Waals surface area contributed by atoms with E-state index in [0.29, 0.717) is 0 Å². The van der Waals surface area contributed by atoms with Crippen LogP contribution in [0, 0.1) is 0 Å². The lowest BCUT2D eigenvalue weighted by atomic mass is 10.2. The Kier molecular flexibility index (Phi) is 6.08. The molecule has 2 rings (SSSR count). The molecule has 0 saturated carbocycles. The molecular formula is C17H19NOS2. The van der Waals surface area contributed by atoms with Gasteiger partial charge >= 0.3 is 0 Å². The van der Waals surface area contributed by atoms with Gasteiger partial charge in [0.2, 0.25) is 0 Å². The highest BCUT2D eigenvalue weighted by atomic mass is 32.1. The van der Waals surface area contributed by atoms with E-state index in [4.69, 9.17) is 17.0 Å². The number of para-hydroxylation sites is 1. The molecule has 0 aliphatic carbocycles. The molecule has 2 aromatic carbocycles. The lowest BCUT2D eigenvalue weighted by molar-refractivity contribution is 0.473. The fourth-order valence-corrected chi connectivity index (χ4v) is 2.40. The van der Waals surface area contributed by atoms with Crippen molar-refractivity contribution < 1.29 is 4.74 Å². The van der Waals surface area contributed by atoms with Crippen LogP contribution >= 0.6 is 24.8 Å². The van der Waals surface area contributed by atoms with E-state index < -0.39 is 0 Å².